The van der Waals surface area contributed by atoms with Crippen molar-refractivity contribution < 1.29 is 4.74 Å². The summed E-state index contributed by atoms with van der Waals surface area (Å²) < 4.78 is 5.20. The van der Waals surface area contributed by atoms with Gasteiger partial charge in [0, 0.05) is 6.42 Å². The number of rotatable bonds is 0. The van der Waals surface area contributed by atoms with Crippen LogP contribution in [0.15, 0.2) is 24.3 Å². The number of hydrogen-bond donors (Lipinski definition) is 0. The second kappa shape index (κ2) is 1.23. The number of ether oxygens (including phenoxy) is 1. The first kappa shape index (κ1) is 4.33. The van der Waals surface area contributed by atoms with Gasteiger partial charge in [-0.25, -0.2) is 0 Å². The summed E-state index contributed by atoms with van der Waals surface area (Å²) in [5.74, 6) is 0. The summed E-state index contributed by atoms with van der Waals surface area (Å²) in [6.45, 7) is 0.924. The van der Waals surface area contributed by atoms with Gasteiger partial charge >= 0.3 is 0 Å². The van der Waals surface area contributed by atoms with Crippen molar-refractivity contribution in [1.82, 2.24) is 0 Å². The van der Waals surface area contributed by atoms with Crippen molar-refractivity contribution in [3.05, 3.63) is 24.3 Å². The topological polar surface area (TPSA) is 12.5 Å². The molecule has 1 aliphatic heterocycles. The van der Waals surface area contributed by atoms with Gasteiger partial charge in [-0.1, -0.05) is 24.3 Å². The Labute approximate surface area is 48.7 Å². The normalized spacial score (nSPS) is 41.0. The third kappa shape index (κ3) is 0.514. The van der Waals surface area contributed by atoms with Crippen molar-refractivity contribution in [2.45, 2.75) is 12.0 Å². The minimum atomic E-state index is 0.161. The van der Waals surface area contributed by atoms with Crippen LogP contribution >= 0.6 is 0 Å². The molecule has 1 spiro atoms. The van der Waals surface area contributed by atoms with Crippen LogP contribution in [0.25, 0.3) is 0 Å². The molecule has 2 rings (SSSR count). The highest BCUT2D eigenvalue weighted by Crippen LogP contribution is 2.34. The molecule has 1 fully saturated rings. The maximum absolute atomic E-state index is 5.20. The Balaban J connectivity index is 2.20. The second-order valence-electron chi connectivity index (χ2n) is 2.34. The Morgan fingerprint density at radius 1 is 1.38 bits per heavy atom. The molecule has 0 amide bonds. The van der Waals surface area contributed by atoms with E-state index in [1.165, 1.54) is 0 Å². The van der Waals surface area contributed by atoms with Crippen LogP contribution in [-0.2, 0) is 4.74 Å². The molecule has 0 bridgehead atoms. The molecule has 1 unspecified atom stereocenters. The minimum absolute atomic E-state index is 0.161. The first-order chi connectivity index (χ1) is 3.91. The average molecular weight is 108 g/mol. The van der Waals surface area contributed by atoms with Crippen molar-refractivity contribution in [3.63, 3.8) is 0 Å². The van der Waals surface area contributed by atoms with Gasteiger partial charge in [0.15, 0.2) is 0 Å². The van der Waals surface area contributed by atoms with Crippen molar-refractivity contribution >= 4 is 0 Å². The molecule has 0 radical (unpaired) electrons. The summed E-state index contributed by atoms with van der Waals surface area (Å²) in [4.78, 5) is 0. The lowest BCUT2D eigenvalue weighted by Crippen LogP contribution is -2.05. The van der Waals surface area contributed by atoms with E-state index in [9.17, 15) is 0 Å². The summed E-state index contributed by atoms with van der Waals surface area (Å²) in [7, 11) is 0. The molecule has 1 saturated heterocycles. The lowest BCUT2D eigenvalue weighted by atomic mass is 10.0. The van der Waals surface area contributed by atoms with E-state index < -0.39 is 0 Å². The van der Waals surface area contributed by atoms with Gasteiger partial charge in [0.05, 0.1) is 6.61 Å². The van der Waals surface area contributed by atoms with Crippen LogP contribution in [0.1, 0.15) is 6.42 Å². The zero-order chi connectivity index (χ0) is 5.45. The molecule has 1 aliphatic carbocycles. The fraction of sp³-hybridized carbons (Fsp3) is 0.429. The molecular formula is C7H8O. The number of hydrogen-bond acceptors (Lipinski definition) is 1. The molecule has 0 N–H and O–H groups in total. The Morgan fingerprint density at radius 2 is 2.25 bits per heavy atom. The first-order valence-electron chi connectivity index (χ1n) is 2.90. The predicted octanol–water partition coefficient (Wildman–Crippen LogP) is 1.27. The van der Waals surface area contributed by atoms with E-state index in [1.54, 1.807) is 0 Å². The SMILES string of the molecule is C1=CCC2(C=C1)CO2. The summed E-state index contributed by atoms with van der Waals surface area (Å²) in [5.41, 5.74) is 0.161. The molecule has 0 aromatic heterocycles. The summed E-state index contributed by atoms with van der Waals surface area (Å²) in [5, 5.41) is 0. The average Bonchev–Trinajstić information content (AvgIpc) is 2.52. The highest BCUT2D eigenvalue weighted by Gasteiger charge is 2.41. The summed E-state index contributed by atoms with van der Waals surface area (Å²) in [6, 6.07) is 0. The third-order valence-electron chi connectivity index (χ3n) is 1.63. The smallest absolute Gasteiger partial charge is 0.113 e. The standard InChI is InChI=1S/C7H8O/c1-2-4-7(5-3-1)6-8-7/h1-4H,5-6H2. The van der Waals surface area contributed by atoms with Crippen LogP contribution in [0.4, 0.5) is 0 Å². The van der Waals surface area contributed by atoms with E-state index in [1.807, 2.05) is 0 Å². The maximum Gasteiger partial charge on any atom is 0.113 e. The van der Waals surface area contributed by atoms with Gasteiger partial charge in [-0.05, 0) is 0 Å². The second-order valence-corrected chi connectivity index (χ2v) is 2.34. The fourth-order valence-electron chi connectivity index (χ4n) is 0.952. The molecule has 1 nitrogen and oxygen atoms in total. The van der Waals surface area contributed by atoms with Crippen LogP contribution in [-0.4, -0.2) is 12.2 Å². The first-order valence-corrected chi connectivity index (χ1v) is 2.90. The molecule has 0 aromatic rings. The van der Waals surface area contributed by atoms with Gasteiger partial charge in [0.2, 0.25) is 0 Å². The monoisotopic (exact) mass is 108 g/mol. The van der Waals surface area contributed by atoms with Crippen LogP contribution in [0.5, 0.6) is 0 Å². The van der Waals surface area contributed by atoms with Crippen molar-refractivity contribution in [2.24, 2.45) is 0 Å². The van der Waals surface area contributed by atoms with Crippen molar-refractivity contribution in [1.29, 1.82) is 0 Å². The Kier molecular flexibility index (Phi) is 0.667. The molecular weight excluding hydrogens is 100 g/mol. The zero-order valence-electron chi connectivity index (χ0n) is 4.63. The highest BCUT2D eigenvalue weighted by atomic mass is 16.6. The molecule has 1 atom stereocenters. The Hall–Kier alpha value is -0.560. The van der Waals surface area contributed by atoms with Crippen LogP contribution in [0, 0.1) is 0 Å². The van der Waals surface area contributed by atoms with Crippen LogP contribution in [0.3, 0.4) is 0 Å². The Bertz CT molecular complexity index is 152. The minimum Gasteiger partial charge on any atom is -0.365 e. The van der Waals surface area contributed by atoms with Gasteiger partial charge in [0.1, 0.15) is 5.60 Å². The Morgan fingerprint density at radius 3 is 2.62 bits per heavy atom. The van der Waals surface area contributed by atoms with E-state index in [0.717, 1.165) is 13.0 Å². The molecule has 1 heteroatoms. The summed E-state index contributed by atoms with van der Waals surface area (Å²) >= 11 is 0. The number of epoxide rings is 1. The van der Waals surface area contributed by atoms with Crippen molar-refractivity contribution in [2.75, 3.05) is 6.61 Å². The van der Waals surface area contributed by atoms with E-state index in [4.69, 9.17) is 4.74 Å². The van der Waals surface area contributed by atoms with Gasteiger partial charge in [-0.2, -0.15) is 0 Å². The van der Waals surface area contributed by atoms with E-state index in [0.29, 0.717) is 0 Å². The largest absolute Gasteiger partial charge is 0.365 e. The molecule has 2 aliphatic rings. The zero-order valence-corrected chi connectivity index (χ0v) is 4.63. The lowest BCUT2D eigenvalue weighted by molar-refractivity contribution is 0.351. The van der Waals surface area contributed by atoms with E-state index in [2.05, 4.69) is 24.3 Å². The molecule has 8 heavy (non-hydrogen) atoms. The molecule has 1 heterocycles. The third-order valence-corrected chi connectivity index (χ3v) is 1.63. The maximum atomic E-state index is 5.20. The molecule has 0 aromatic carbocycles. The van der Waals surface area contributed by atoms with Crippen LogP contribution < -0.4 is 0 Å². The van der Waals surface area contributed by atoms with E-state index in [-0.39, 0.29) is 5.60 Å². The molecule has 42 valence electrons. The van der Waals surface area contributed by atoms with E-state index >= 15 is 0 Å². The molecule has 0 saturated carbocycles. The predicted molar refractivity (Wildman–Crippen MR) is 31.6 cm³/mol. The highest BCUT2D eigenvalue weighted by molar-refractivity contribution is 5.22. The van der Waals surface area contributed by atoms with Gasteiger partial charge in [-0.3, -0.25) is 0 Å². The lowest BCUT2D eigenvalue weighted by Gasteiger charge is -2.03. The van der Waals surface area contributed by atoms with Crippen molar-refractivity contribution in [3.8, 4) is 0 Å². The number of allylic oxidation sites excluding steroid dienone is 2. The van der Waals surface area contributed by atoms with Gasteiger partial charge in [-0.15, -0.1) is 0 Å². The van der Waals surface area contributed by atoms with Gasteiger partial charge in [0.25, 0.3) is 0 Å². The van der Waals surface area contributed by atoms with Gasteiger partial charge < -0.3 is 4.74 Å². The summed E-state index contributed by atoms with van der Waals surface area (Å²) in [6.07, 6.45) is 9.47. The fourth-order valence-corrected chi connectivity index (χ4v) is 0.952. The quantitative estimate of drug-likeness (QED) is 0.426. The van der Waals surface area contributed by atoms with Crippen LogP contribution in [0.2, 0.25) is 0 Å².